The average Bonchev–Trinajstić information content (AvgIpc) is 1.82. The lowest BCUT2D eigenvalue weighted by atomic mass is 10.2. The number of nitrogens with two attached hydrogens (primary N) is 1. The zero-order valence-corrected chi connectivity index (χ0v) is 5.69. The molecular formula is C6H8ClNO. The van der Waals surface area contributed by atoms with Gasteiger partial charge in [0.2, 0.25) is 5.91 Å². The predicted octanol–water partition coefficient (Wildman–Crippen LogP) is 0.493. The van der Waals surface area contributed by atoms with Crippen molar-refractivity contribution < 1.29 is 4.79 Å². The van der Waals surface area contributed by atoms with E-state index < -0.39 is 11.3 Å². The van der Waals surface area contributed by atoms with Crippen LogP contribution in [0, 0.1) is 12.3 Å². The van der Waals surface area contributed by atoms with Crippen molar-refractivity contribution in [1.82, 2.24) is 0 Å². The summed E-state index contributed by atoms with van der Waals surface area (Å²) in [7, 11) is 0. The minimum atomic E-state index is -0.610. The molecule has 0 heterocycles. The molecule has 0 fully saturated rings. The smallest absolute Gasteiger partial charge is 0.235 e. The Labute approximate surface area is 59.4 Å². The first-order valence-corrected chi connectivity index (χ1v) is 2.99. The molecule has 0 aliphatic heterocycles. The van der Waals surface area contributed by atoms with Gasteiger partial charge in [-0.3, -0.25) is 4.79 Å². The van der Waals surface area contributed by atoms with Crippen molar-refractivity contribution >= 4 is 17.5 Å². The zero-order chi connectivity index (χ0) is 7.28. The fraction of sp³-hybridized carbons (Fsp3) is 0.500. The van der Waals surface area contributed by atoms with Crippen LogP contribution < -0.4 is 5.73 Å². The Morgan fingerprint density at radius 2 is 2.44 bits per heavy atom. The zero-order valence-electron chi connectivity index (χ0n) is 4.93. The third kappa shape index (κ3) is 3.87. The van der Waals surface area contributed by atoms with Crippen molar-refractivity contribution in [3.63, 3.8) is 0 Å². The highest BCUT2D eigenvalue weighted by Crippen LogP contribution is 2.02. The van der Waals surface area contributed by atoms with Crippen molar-refractivity contribution in [2.24, 2.45) is 5.73 Å². The number of hydrogen-bond acceptors (Lipinski definition) is 1. The molecule has 50 valence electrons. The maximum absolute atomic E-state index is 10.2. The van der Waals surface area contributed by atoms with Crippen LogP contribution in [0.1, 0.15) is 12.8 Å². The molecule has 2 N–H and O–H groups in total. The number of alkyl halides is 1. The van der Waals surface area contributed by atoms with Crippen LogP contribution in [0.2, 0.25) is 0 Å². The average molecular weight is 146 g/mol. The summed E-state index contributed by atoms with van der Waals surface area (Å²) in [5, 5.41) is -0.610. The van der Waals surface area contributed by atoms with Gasteiger partial charge in [0.05, 0.1) is 0 Å². The van der Waals surface area contributed by atoms with Gasteiger partial charge in [0.1, 0.15) is 5.38 Å². The second kappa shape index (κ2) is 4.22. The van der Waals surface area contributed by atoms with Gasteiger partial charge in [0, 0.05) is 6.42 Å². The lowest BCUT2D eigenvalue weighted by Crippen LogP contribution is -2.23. The normalized spacial score (nSPS) is 12.0. The molecule has 3 heteroatoms. The van der Waals surface area contributed by atoms with Crippen molar-refractivity contribution in [2.45, 2.75) is 18.2 Å². The van der Waals surface area contributed by atoms with Crippen molar-refractivity contribution in [1.29, 1.82) is 0 Å². The summed E-state index contributed by atoms with van der Waals surface area (Å²) in [6, 6.07) is 0. The Kier molecular flexibility index (Phi) is 3.90. The molecule has 0 aliphatic carbocycles. The summed E-state index contributed by atoms with van der Waals surface area (Å²) in [6.45, 7) is 0. The van der Waals surface area contributed by atoms with Gasteiger partial charge in [-0.1, -0.05) is 0 Å². The molecule has 0 rings (SSSR count). The van der Waals surface area contributed by atoms with E-state index in [1.165, 1.54) is 0 Å². The number of halogens is 1. The quantitative estimate of drug-likeness (QED) is 0.456. The molecule has 0 saturated heterocycles. The number of carbonyl (C=O) groups excluding carboxylic acids is 1. The molecule has 0 aromatic rings. The van der Waals surface area contributed by atoms with E-state index in [9.17, 15) is 4.79 Å². The van der Waals surface area contributed by atoms with E-state index >= 15 is 0 Å². The van der Waals surface area contributed by atoms with Crippen LogP contribution in [-0.2, 0) is 4.79 Å². The molecule has 2 nitrogen and oxygen atoms in total. The highest BCUT2D eigenvalue weighted by atomic mass is 35.5. The predicted molar refractivity (Wildman–Crippen MR) is 36.9 cm³/mol. The summed E-state index contributed by atoms with van der Waals surface area (Å²) >= 11 is 5.42. The molecule has 0 saturated carbocycles. The monoisotopic (exact) mass is 145 g/mol. The van der Waals surface area contributed by atoms with Gasteiger partial charge in [-0.25, -0.2) is 0 Å². The molecule has 9 heavy (non-hydrogen) atoms. The van der Waals surface area contributed by atoms with E-state index in [1.807, 2.05) is 0 Å². The standard InChI is InChI=1S/C6H8ClNO/c1-2-3-4-5(7)6(8)9/h1,5H,3-4H2,(H2,8,9). The maximum Gasteiger partial charge on any atom is 0.235 e. The van der Waals surface area contributed by atoms with Crippen LogP contribution in [0.4, 0.5) is 0 Å². The number of primary amides is 1. The van der Waals surface area contributed by atoms with Crippen LogP contribution in [-0.4, -0.2) is 11.3 Å². The number of rotatable bonds is 3. The highest BCUT2D eigenvalue weighted by Gasteiger charge is 2.08. The van der Waals surface area contributed by atoms with E-state index in [2.05, 4.69) is 5.92 Å². The molecule has 1 atom stereocenters. The molecule has 0 radical (unpaired) electrons. The second-order valence-corrected chi connectivity index (χ2v) is 2.14. The maximum atomic E-state index is 10.2. The third-order valence-electron chi connectivity index (χ3n) is 0.851. The van der Waals surface area contributed by atoms with E-state index in [0.29, 0.717) is 12.8 Å². The Hall–Kier alpha value is -0.680. The summed E-state index contributed by atoms with van der Waals surface area (Å²) in [5.74, 6) is 1.85. The summed E-state index contributed by atoms with van der Waals surface area (Å²) in [5.41, 5.74) is 4.84. The third-order valence-corrected chi connectivity index (χ3v) is 1.28. The Morgan fingerprint density at radius 3 is 2.78 bits per heavy atom. The fourth-order valence-electron chi connectivity index (χ4n) is 0.352. The topological polar surface area (TPSA) is 43.1 Å². The van der Waals surface area contributed by atoms with E-state index in [1.54, 1.807) is 0 Å². The minimum Gasteiger partial charge on any atom is -0.368 e. The van der Waals surface area contributed by atoms with E-state index in [-0.39, 0.29) is 0 Å². The lowest BCUT2D eigenvalue weighted by molar-refractivity contribution is -0.117. The molecule has 1 amide bonds. The van der Waals surface area contributed by atoms with Gasteiger partial charge < -0.3 is 5.73 Å². The molecular weight excluding hydrogens is 138 g/mol. The second-order valence-electron chi connectivity index (χ2n) is 1.61. The number of hydrogen-bond donors (Lipinski definition) is 1. The SMILES string of the molecule is C#CCCC(Cl)C(N)=O. The largest absolute Gasteiger partial charge is 0.368 e. The number of amides is 1. The molecule has 1 unspecified atom stereocenters. The Bertz CT molecular complexity index is 138. The first-order valence-electron chi connectivity index (χ1n) is 2.55. The van der Waals surface area contributed by atoms with Gasteiger partial charge in [0.25, 0.3) is 0 Å². The molecule has 0 bridgehead atoms. The van der Waals surface area contributed by atoms with Gasteiger partial charge in [-0.2, -0.15) is 0 Å². The van der Waals surface area contributed by atoms with Crippen molar-refractivity contribution in [3.05, 3.63) is 0 Å². The Balaban J connectivity index is 3.41. The van der Waals surface area contributed by atoms with Gasteiger partial charge in [-0.15, -0.1) is 23.9 Å². The first kappa shape index (κ1) is 8.32. The molecule has 0 aromatic carbocycles. The van der Waals surface area contributed by atoms with Gasteiger partial charge in [0.15, 0.2) is 0 Å². The van der Waals surface area contributed by atoms with Crippen molar-refractivity contribution in [2.75, 3.05) is 0 Å². The summed E-state index contributed by atoms with van der Waals surface area (Å²) in [4.78, 5) is 10.2. The van der Waals surface area contributed by atoms with Gasteiger partial charge in [-0.05, 0) is 6.42 Å². The Morgan fingerprint density at radius 1 is 1.89 bits per heavy atom. The van der Waals surface area contributed by atoms with Crippen molar-refractivity contribution in [3.8, 4) is 12.3 Å². The van der Waals surface area contributed by atoms with Crippen LogP contribution in [0.15, 0.2) is 0 Å². The first-order chi connectivity index (χ1) is 4.18. The molecule has 0 aliphatic rings. The van der Waals surface area contributed by atoms with Crippen LogP contribution in [0.5, 0.6) is 0 Å². The summed E-state index contributed by atoms with van der Waals surface area (Å²) < 4.78 is 0. The lowest BCUT2D eigenvalue weighted by Gasteiger charge is -1.98. The van der Waals surface area contributed by atoms with Crippen LogP contribution in [0.3, 0.4) is 0 Å². The minimum absolute atomic E-state index is 0.466. The summed E-state index contributed by atoms with van der Waals surface area (Å²) in [6.07, 6.45) is 5.88. The highest BCUT2D eigenvalue weighted by molar-refractivity contribution is 6.30. The number of terminal acetylenes is 1. The van der Waals surface area contributed by atoms with Crippen LogP contribution in [0.25, 0.3) is 0 Å². The molecule has 0 aromatic heterocycles. The molecule has 0 spiro atoms. The van der Waals surface area contributed by atoms with E-state index in [0.717, 1.165) is 0 Å². The van der Waals surface area contributed by atoms with Crippen LogP contribution >= 0.6 is 11.6 Å². The number of carbonyl (C=O) groups is 1. The fourth-order valence-corrected chi connectivity index (χ4v) is 0.461. The van der Waals surface area contributed by atoms with Gasteiger partial charge >= 0.3 is 0 Å². The van der Waals surface area contributed by atoms with E-state index in [4.69, 9.17) is 23.8 Å².